The van der Waals surface area contributed by atoms with Gasteiger partial charge < -0.3 is 0 Å². The van der Waals surface area contributed by atoms with Gasteiger partial charge in [0, 0.05) is 5.66 Å². The summed E-state index contributed by atoms with van der Waals surface area (Å²) in [6.07, 6.45) is 11.1. The highest BCUT2D eigenvalue weighted by atomic mass is 31.1. The second kappa shape index (κ2) is 3.25. The molecule has 1 fully saturated rings. The summed E-state index contributed by atoms with van der Waals surface area (Å²) in [5.41, 5.74) is 0.948. The van der Waals surface area contributed by atoms with Crippen molar-refractivity contribution in [1.82, 2.24) is 0 Å². The van der Waals surface area contributed by atoms with Gasteiger partial charge in [0.25, 0.3) is 0 Å². The first-order valence-corrected chi connectivity index (χ1v) is 4.54. The van der Waals surface area contributed by atoms with Gasteiger partial charge in [-0.05, 0) is 12.8 Å². The van der Waals surface area contributed by atoms with Gasteiger partial charge in [-0.3, -0.25) is 0 Å². The van der Waals surface area contributed by atoms with Gasteiger partial charge in [0.1, 0.15) is 0 Å². The first-order valence-electron chi connectivity index (χ1n) is 3.39. The lowest BCUT2D eigenvalue weighted by molar-refractivity contribution is 0.515. The first kappa shape index (κ1) is 6.29. The summed E-state index contributed by atoms with van der Waals surface area (Å²) in [5.74, 6) is 0. The van der Waals surface area contributed by atoms with Crippen molar-refractivity contribution in [2.24, 2.45) is 0 Å². The third-order valence-corrected chi connectivity index (χ3v) is 2.87. The van der Waals surface area contributed by atoms with E-state index in [2.05, 4.69) is 6.30 Å². The van der Waals surface area contributed by atoms with Crippen LogP contribution in [-0.2, 0) is 0 Å². The van der Waals surface area contributed by atoms with E-state index in [-0.39, 0.29) is 0 Å². The molecule has 0 radical (unpaired) electrons. The van der Waals surface area contributed by atoms with E-state index in [0.29, 0.717) is 0 Å². The third kappa shape index (κ3) is 1.59. The molecule has 0 aromatic rings. The SMILES string of the molecule is C=PC1CCCCC1. The summed E-state index contributed by atoms with van der Waals surface area (Å²) in [6.45, 7) is 0. The molecule has 0 aromatic heterocycles. The Morgan fingerprint density at radius 3 is 2.12 bits per heavy atom. The number of rotatable bonds is 1. The molecular weight excluding hydrogens is 115 g/mol. The second-order valence-electron chi connectivity index (χ2n) is 2.47. The molecule has 1 aliphatic carbocycles. The van der Waals surface area contributed by atoms with Crippen molar-refractivity contribution in [3.8, 4) is 0 Å². The average Bonchev–Trinajstić information content (AvgIpc) is 1.90. The van der Waals surface area contributed by atoms with Gasteiger partial charge in [0.2, 0.25) is 0 Å². The maximum absolute atomic E-state index is 3.88. The summed E-state index contributed by atoms with van der Waals surface area (Å²) in [7, 11) is 1.38. The van der Waals surface area contributed by atoms with E-state index in [0.717, 1.165) is 5.66 Å². The smallest absolute Gasteiger partial charge is 0.000315 e. The molecule has 0 unspecified atom stereocenters. The van der Waals surface area contributed by atoms with Gasteiger partial charge in [-0.1, -0.05) is 25.6 Å². The van der Waals surface area contributed by atoms with Crippen LogP contribution in [0.3, 0.4) is 0 Å². The molecule has 0 nitrogen and oxygen atoms in total. The summed E-state index contributed by atoms with van der Waals surface area (Å²) >= 11 is 0. The van der Waals surface area contributed by atoms with Crippen LogP contribution in [0.15, 0.2) is 0 Å². The van der Waals surface area contributed by atoms with Gasteiger partial charge in [-0.25, -0.2) is 0 Å². The normalized spacial score (nSPS) is 24.0. The minimum atomic E-state index is 0.948. The van der Waals surface area contributed by atoms with Crippen molar-refractivity contribution < 1.29 is 0 Å². The fourth-order valence-electron chi connectivity index (χ4n) is 1.26. The van der Waals surface area contributed by atoms with Gasteiger partial charge in [-0.15, -0.1) is 8.20 Å². The molecule has 0 amide bonds. The molecule has 1 aliphatic rings. The van der Waals surface area contributed by atoms with Crippen LogP contribution >= 0.6 is 8.20 Å². The van der Waals surface area contributed by atoms with E-state index < -0.39 is 0 Å². The fourth-order valence-corrected chi connectivity index (χ4v) is 1.99. The lowest BCUT2D eigenvalue weighted by atomic mass is 10.0. The molecule has 0 aliphatic heterocycles. The molecule has 0 bridgehead atoms. The van der Waals surface area contributed by atoms with Crippen molar-refractivity contribution in [3.63, 3.8) is 0 Å². The summed E-state index contributed by atoms with van der Waals surface area (Å²) in [5, 5.41) is 0. The fraction of sp³-hybridized carbons (Fsp3) is 0.857. The molecule has 0 heterocycles. The standard InChI is InChI=1S/C7H13P/c1-8-7-5-3-2-4-6-7/h7H,1-6H2. The van der Waals surface area contributed by atoms with Gasteiger partial charge in [0.15, 0.2) is 0 Å². The zero-order valence-electron chi connectivity index (χ0n) is 5.27. The van der Waals surface area contributed by atoms with Crippen LogP contribution in [-0.4, -0.2) is 12.0 Å². The van der Waals surface area contributed by atoms with Crippen LogP contribution in [0.5, 0.6) is 0 Å². The van der Waals surface area contributed by atoms with Crippen molar-refractivity contribution in [3.05, 3.63) is 0 Å². The third-order valence-electron chi connectivity index (χ3n) is 1.83. The number of hydrogen-bond acceptors (Lipinski definition) is 0. The quantitative estimate of drug-likeness (QED) is 0.476. The molecule has 0 atom stereocenters. The minimum absolute atomic E-state index is 0.948. The lowest BCUT2D eigenvalue weighted by Crippen LogP contribution is -2.03. The topological polar surface area (TPSA) is 0 Å². The molecule has 1 rings (SSSR count). The van der Waals surface area contributed by atoms with Crippen molar-refractivity contribution in [1.29, 1.82) is 0 Å². The van der Waals surface area contributed by atoms with Gasteiger partial charge in [0.05, 0.1) is 0 Å². The Morgan fingerprint density at radius 2 is 1.75 bits per heavy atom. The van der Waals surface area contributed by atoms with E-state index in [1.54, 1.807) is 0 Å². The highest BCUT2D eigenvalue weighted by Crippen LogP contribution is 2.25. The van der Waals surface area contributed by atoms with Gasteiger partial charge in [-0.2, -0.15) is 0 Å². The van der Waals surface area contributed by atoms with Crippen LogP contribution in [0.1, 0.15) is 32.1 Å². The van der Waals surface area contributed by atoms with E-state index in [4.69, 9.17) is 0 Å². The lowest BCUT2D eigenvalue weighted by Gasteiger charge is -2.16. The van der Waals surface area contributed by atoms with Crippen molar-refractivity contribution in [2.75, 3.05) is 0 Å². The van der Waals surface area contributed by atoms with Crippen LogP contribution < -0.4 is 0 Å². The molecule has 1 saturated carbocycles. The van der Waals surface area contributed by atoms with E-state index in [9.17, 15) is 0 Å². The summed E-state index contributed by atoms with van der Waals surface area (Å²) < 4.78 is 0. The van der Waals surface area contributed by atoms with Crippen molar-refractivity contribution in [2.45, 2.75) is 37.8 Å². The Bertz CT molecular complexity index is 72.5. The molecule has 0 spiro atoms. The highest BCUT2D eigenvalue weighted by molar-refractivity contribution is 7.37. The Labute approximate surface area is 53.1 Å². The van der Waals surface area contributed by atoms with E-state index >= 15 is 0 Å². The van der Waals surface area contributed by atoms with Crippen LogP contribution in [0.2, 0.25) is 0 Å². The first-order chi connectivity index (χ1) is 3.93. The molecular formula is C7H13P. The molecule has 0 saturated heterocycles. The molecule has 1 heteroatoms. The van der Waals surface area contributed by atoms with Gasteiger partial charge >= 0.3 is 0 Å². The molecule has 8 heavy (non-hydrogen) atoms. The van der Waals surface area contributed by atoms with Crippen LogP contribution in [0, 0.1) is 0 Å². The average molecular weight is 128 g/mol. The zero-order chi connectivity index (χ0) is 5.82. The second-order valence-corrected chi connectivity index (χ2v) is 3.57. The molecule has 0 N–H and O–H groups in total. The molecule has 46 valence electrons. The zero-order valence-corrected chi connectivity index (χ0v) is 6.16. The van der Waals surface area contributed by atoms with Crippen LogP contribution in [0.25, 0.3) is 0 Å². The van der Waals surface area contributed by atoms with Crippen LogP contribution in [0.4, 0.5) is 0 Å². The summed E-state index contributed by atoms with van der Waals surface area (Å²) in [6, 6.07) is 0. The maximum Gasteiger partial charge on any atom is 0.000315 e. The molecule has 0 aromatic carbocycles. The Morgan fingerprint density at radius 1 is 1.12 bits per heavy atom. The predicted molar refractivity (Wildman–Crippen MR) is 40.9 cm³/mol. The maximum atomic E-state index is 3.88. The minimum Gasteiger partial charge on any atom is -0.109 e. The Hall–Kier alpha value is 0.170. The predicted octanol–water partition coefficient (Wildman–Crippen LogP) is 2.70. The Balaban J connectivity index is 2.22. The van der Waals surface area contributed by atoms with Crippen molar-refractivity contribution >= 4 is 14.5 Å². The summed E-state index contributed by atoms with van der Waals surface area (Å²) in [4.78, 5) is 0. The highest BCUT2D eigenvalue weighted by Gasteiger charge is 2.08. The van der Waals surface area contributed by atoms with E-state index in [1.165, 1.54) is 40.3 Å². The monoisotopic (exact) mass is 128 g/mol. The number of hydrogen-bond donors (Lipinski definition) is 0. The van der Waals surface area contributed by atoms with E-state index in [1.807, 2.05) is 0 Å². The largest absolute Gasteiger partial charge is 0.109 e. The Kier molecular flexibility index (Phi) is 2.55.